The van der Waals surface area contributed by atoms with Gasteiger partial charge in [-0.2, -0.15) is 5.10 Å². The zero-order valence-electron chi connectivity index (χ0n) is 8.05. The standard InChI is InChI=1S/C11H10BrN3/c12-8-3-1-7(2-4-8)11-9-5-13-6-10(9)14-15-11/h1-4,13H,5-6H2,(H,14,15). The molecule has 0 unspecified atom stereocenters. The highest BCUT2D eigenvalue weighted by Crippen LogP contribution is 2.27. The predicted octanol–water partition coefficient (Wildman–Crippen LogP) is 2.44. The topological polar surface area (TPSA) is 40.7 Å². The van der Waals surface area contributed by atoms with Gasteiger partial charge in [0.25, 0.3) is 0 Å². The summed E-state index contributed by atoms with van der Waals surface area (Å²) in [6.07, 6.45) is 0. The second-order valence-corrected chi connectivity index (χ2v) is 4.56. The first kappa shape index (κ1) is 9.12. The molecule has 0 bridgehead atoms. The van der Waals surface area contributed by atoms with E-state index in [1.54, 1.807) is 0 Å². The van der Waals surface area contributed by atoms with E-state index < -0.39 is 0 Å². The van der Waals surface area contributed by atoms with Crippen molar-refractivity contribution in [1.82, 2.24) is 15.5 Å². The maximum atomic E-state index is 4.36. The van der Waals surface area contributed by atoms with Crippen molar-refractivity contribution in [3.63, 3.8) is 0 Å². The van der Waals surface area contributed by atoms with Gasteiger partial charge < -0.3 is 5.32 Å². The number of rotatable bonds is 1. The molecular formula is C11H10BrN3. The van der Waals surface area contributed by atoms with Crippen LogP contribution in [0.1, 0.15) is 11.3 Å². The molecule has 0 fully saturated rings. The molecule has 0 amide bonds. The van der Waals surface area contributed by atoms with Gasteiger partial charge in [-0.3, -0.25) is 5.10 Å². The highest BCUT2D eigenvalue weighted by atomic mass is 79.9. The lowest BCUT2D eigenvalue weighted by Gasteiger charge is -1.99. The zero-order chi connectivity index (χ0) is 10.3. The Labute approximate surface area is 96.0 Å². The Morgan fingerprint density at radius 1 is 1.13 bits per heavy atom. The molecule has 3 rings (SSSR count). The third-order valence-corrected chi connectivity index (χ3v) is 3.20. The Bertz CT molecular complexity index is 487. The van der Waals surface area contributed by atoms with Crippen molar-refractivity contribution in [2.75, 3.05) is 0 Å². The quantitative estimate of drug-likeness (QED) is 0.830. The predicted molar refractivity (Wildman–Crippen MR) is 62.3 cm³/mol. The molecule has 4 heteroatoms. The number of benzene rings is 1. The number of hydrogen-bond donors (Lipinski definition) is 2. The Kier molecular flexibility index (Phi) is 2.11. The molecule has 2 N–H and O–H groups in total. The molecule has 0 spiro atoms. The summed E-state index contributed by atoms with van der Waals surface area (Å²) in [6.45, 7) is 1.82. The normalized spacial score (nSPS) is 14.2. The Balaban J connectivity index is 2.09. The number of H-pyrrole nitrogens is 1. The van der Waals surface area contributed by atoms with Gasteiger partial charge in [0.15, 0.2) is 0 Å². The first-order chi connectivity index (χ1) is 7.34. The summed E-state index contributed by atoms with van der Waals surface area (Å²) >= 11 is 3.43. The molecule has 0 aliphatic carbocycles. The van der Waals surface area contributed by atoms with Gasteiger partial charge in [-0.15, -0.1) is 0 Å². The van der Waals surface area contributed by atoms with Crippen LogP contribution < -0.4 is 5.32 Å². The molecule has 0 saturated heterocycles. The van der Waals surface area contributed by atoms with Gasteiger partial charge >= 0.3 is 0 Å². The number of hydrogen-bond acceptors (Lipinski definition) is 2. The van der Waals surface area contributed by atoms with Gasteiger partial charge in [-0.25, -0.2) is 0 Å². The first-order valence-electron chi connectivity index (χ1n) is 4.87. The lowest BCUT2D eigenvalue weighted by molar-refractivity contribution is 0.743. The fraction of sp³-hybridized carbons (Fsp3) is 0.182. The molecule has 2 aromatic rings. The van der Waals surface area contributed by atoms with Crippen LogP contribution in [-0.2, 0) is 13.1 Å². The van der Waals surface area contributed by atoms with E-state index >= 15 is 0 Å². The van der Waals surface area contributed by atoms with Crippen LogP contribution >= 0.6 is 15.9 Å². The SMILES string of the molecule is Brc1ccc(-c2n[nH]c3c2CNC3)cc1. The van der Waals surface area contributed by atoms with Crippen LogP contribution in [0.25, 0.3) is 11.3 Å². The van der Waals surface area contributed by atoms with Crippen LogP contribution in [0.3, 0.4) is 0 Å². The largest absolute Gasteiger partial charge is 0.307 e. The molecule has 1 aliphatic heterocycles. The van der Waals surface area contributed by atoms with Gasteiger partial charge in [0.2, 0.25) is 0 Å². The third-order valence-electron chi connectivity index (χ3n) is 2.67. The fourth-order valence-electron chi connectivity index (χ4n) is 1.90. The number of nitrogens with zero attached hydrogens (tertiary/aromatic N) is 1. The van der Waals surface area contributed by atoms with Crippen molar-refractivity contribution < 1.29 is 0 Å². The second kappa shape index (κ2) is 3.47. The summed E-state index contributed by atoms with van der Waals surface area (Å²) in [6, 6.07) is 8.25. The molecular weight excluding hydrogens is 254 g/mol. The fourth-order valence-corrected chi connectivity index (χ4v) is 2.16. The van der Waals surface area contributed by atoms with Crippen LogP contribution in [0.15, 0.2) is 28.7 Å². The molecule has 0 saturated carbocycles. The summed E-state index contributed by atoms with van der Waals surface area (Å²) in [5, 5.41) is 10.7. The zero-order valence-corrected chi connectivity index (χ0v) is 9.63. The van der Waals surface area contributed by atoms with E-state index in [2.05, 4.69) is 43.6 Å². The maximum Gasteiger partial charge on any atom is 0.0969 e. The average molecular weight is 264 g/mol. The Hall–Kier alpha value is -1.13. The van der Waals surface area contributed by atoms with Crippen molar-refractivity contribution >= 4 is 15.9 Å². The average Bonchev–Trinajstić information content (AvgIpc) is 2.80. The van der Waals surface area contributed by atoms with E-state index in [4.69, 9.17) is 0 Å². The molecule has 1 aromatic heterocycles. The highest BCUT2D eigenvalue weighted by Gasteiger charge is 2.18. The number of halogens is 1. The molecule has 1 aliphatic rings. The summed E-state index contributed by atoms with van der Waals surface area (Å²) in [7, 11) is 0. The van der Waals surface area contributed by atoms with Crippen LogP contribution in [-0.4, -0.2) is 10.2 Å². The van der Waals surface area contributed by atoms with Crippen LogP contribution in [0.4, 0.5) is 0 Å². The van der Waals surface area contributed by atoms with Gasteiger partial charge in [0, 0.05) is 28.7 Å². The van der Waals surface area contributed by atoms with E-state index in [-0.39, 0.29) is 0 Å². The minimum Gasteiger partial charge on any atom is -0.307 e. The van der Waals surface area contributed by atoms with E-state index in [9.17, 15) is 0 Å². The number of aromatic nitrogens is 2. The first-order valence-corrected chi connectivity index (χ1v) is 5.66. The molecule has 15 heavy (non-hydrogen) atoms. The molecule has 1 aromatic carbocycles. The summed E-state index contributed by atoms with van der Waals surface area (Å²) < 4.78 is 1.09. The van der Waals surface area contributed by atoms with Crippen molar-refractivity contribution in [3.8, 4) is 11.3 Å². The van der Waals surface area contributed by atoms with Crippen molar-refractivity contribution in [1.29, 1.82) is 0 Å². The minimum atomic E-state index is 0.902. The minimum absolute atomic E-state index is 0.902. The Morgan fingerprint density at radius 3 is 2.73 bits per heavy atom. The molecule has 76 valence electrons. The third kappa shape index (κ3) is 1.50. The van der Waals surface area contributed by atoms with Gasteiger partial charge in [0.05, 0.1) is 11.4 Å². The smallest absolute Gasteiger partial charge is 0.0969 e. The van der Waals surface area contributed by atoms with E-state index in [0.29, 0.717) is 0 Å². The van der Waals surface area contributed by atoms with Crippen LogP contribution in [0.2, 0.25) is 0 Å². The molecule has 0 radical (unpaired) electrons. The lowest BCUT2D eigenvalue weighted by Crippen LogP contribution is -2.02. The maximum absolute atomic E-state index is 4.36. The van der Waals surface area contributed by atoms with Crippen molar-refractivity contribution in [3.05, 3.63) is 40.0 Å². The number of nitrogens with one attached hydrogen (secondary N) is 2. The summed E-state index contributed by atoms with van der Waals surface area (Å²) in [4.78, 5) is 0. The van der Waals surface area contributed by atoms with Gasteiger partial charge in [-0.1, -0.05) is 28.1 Å². The van der Waals surface area contributed by atoms with Crippen molar-refractivity contribution in [2.45, 2.75) is 13.1 Å². The molecule has 3 nitrogen and oxygen atoms in total. The second-order valence-electron chi connectivity index (χ2n) is 3.64. The molecule has 0 atom stereocenters. The van der Waals surface area contributed by atoms with E-state index in [1.807, 2.05) is 12.1 Å². The molecule has 2 heterocycles. The Morgan fingerprint density at radius 2 is 1.93 bits per heavy atom. The number of aromatic amines is 1. The van der Waals surface area contributed by atoms with E-state index in [0.717, 1.165) is 23.3 Å². The van der Waals surface area contributed by atoms with Gasteiger partial charge in [0.1, 0.15) is 0 Å². The van der Waals surface area contributed by atoms with Crippen LogP contribution in [0, 0.1) is 0 Å². The monoisotopic (exact) mass is 263 g/mol. The van der Waals surface area contributed by atoms with Crippen molar-refractivity contribution in [2.24, 2.45) is 0 Å². The lowest BCUT2D eigenvalue weighted by atomic mass is 10.1. The number of fused-ring (bicyclic) bond motifs is 1. The highest BCUT2D eigenvalue weighted by molar-refractivity contribution is 9.10. The summed E-state index contributed by atoms with van der Waals surface area (Å²) in [5.74, 6) is 0. The summed E-state index contributed by atoms with van der Waals surface area (Å²) in [5.41, 5.74) is 4.76. The van der Waals surface area contributed by atoms with Crippen LogP contribution in [0.5, 0.6) is 0 Å². The van der Waals surface area contributed by atoms with E-state index in [1.165, 1.54) is 16.8 Å². The van der Waals surface area contributed by atoms with Gasteiger partial charge in [-0.05, 0) is 12.1 Å².